The van der Waals surface area contributed by atoms with Gasteiger partial charge in [0.25, 0.3) is 5.69 Å². The predicted octanol–water partition coefficient (Wildman–Crippen LogP) is 3.05. The first-order chi connectivity index (χ1) is 9.97. The summed E-state index contributed by atoms with van der Waals surface area (Å²) in [5.41, 5.74) is -0.112. The van der Waals surface area contributed by atoms with Gasteiger partial charge in [0, 0.05) is 12.1 Å². The number of amides is 1. The molecule has 0 heterocycles. The number of non-ortho nitro benzene ring substituents is 1. The van der Waals surface area contributed by atoms with Gasteiger partial charge in [0.05, 0.1) is 11.3 Å². The van der Waals surface area contributed by atoms with Gasteiger partial charge >= 0.3 is 0 Å². The molecule has 7 heteroatoms. The van der Waals surface area contributed by atoms with Crippen LogP contribution in [0, 0.1) is 21.7 Å². The quantitative estimate of drug-likeness (QED) is 0.695. The molecule has 2 rings (SSSR count). The highest BCUT2D eigenvalue weighted by atomic mass is 19.1. The number of para-hydroxylation sites is 1. The molecule has 0 radical (unpaired) electrons. The number of nitro benzene ring substituents is 1. The maximum Gasteiger partial charge on any atom is 0.269 e. The average molecular weight is 292 g/mol. The molecule has 108 valence electrons. The second-order valence-corrected chi connectivity index (χ2v) is 4.25. The number of anilines is 1. The Bertz CT molecular complexity index is 667. The van der Waals surface area contributed by atoms with Gasteiger partial charge in [0.2, 0.25) is 5.91 Å². The van der Waals surface area contributed by atoms with E-state index in [9.17, 15) is 23.7 Å². The van der Waals surface area contributed by atoms with E-state index in [4.69, 9.17) is 0 Å². The van der Waals surface area contributed by atoms with Gasteiger partial charge in [0.15, 0.2) is 0 Å². The fourth-order valence-electron chi connectivity index (χ4n) is 1.72. The number of hydrogen-bond acceptors (Lipinski definition) is 3. The Kier molecular flexibility index (Phi) is 4.22. The van der Waals surface area contributed by atoms with Crippen LogP contribution in [0.4, 0.5) is 20.2 Å². The van der Waals surface area contributed by atoms with Crippen molar-refractivity contribution < 1.29 is 18.5 Å². The van der Waals surface area contributed by atoms with Crippen molar-refractivity contribution in [3.8, 4) is 0 Å². The van der Waals surface area contributed by atoms with Gasteiger partial charge in [-0.2, -0.15) is 0 Å². The van der Waals surface area contributed by atoms with Gasteiger partial charge in [-0.15, -0.1) is 0 Å². The first-order valence-electron chi connectivity index (χ1n) is 5.94. The van der Waals surface area contributed by atoms with Crippen LogP contribution in [0.1, 0.15) is 5.56 Å². The van der Waals surface area contributed by atoms with E-state index in [2.05, 4.69) is 5.32 Å². The minimum Gasteiger partial charge on any atom is -0.321 e. The molecule has 0 aliphatic rings. The van der Waals surface area contributed by atoms with Crippen LogP contribution in [-0.2, 0) is 11.2 Å². The molecule has 2 aromatic carbocycles. The summed E-state index contributed by atoms with van der Waals surface area (Å²) in [5.74, 6) is -2.35. The molecule has 0 atom stereocenters. The lowest BCUT2D eigenvalue weighted by Gasteiger charge is -2.07. The molecule has 21 heavy (non-hydrogen) atoms. The Labute approximate surface area is 118 Å². The highest BCUT2D eigenvalue weighted by Gasteiger charge is 2.13. The van der Waals surface area contributed by atoms with Crippen LogP contribution in [-0.4, -0.2) is 10.8 Å². The van der Waals surface area contributed by atoms with Gasteiger partial charge in [-0.05, 0) is 17.7 Å². The van der Waals surface area contributed by atoms with E-state index < -0.39 is 28.2 Å². The van der Waals surface area contributed by atoms with Crippen LogP contribution in [0.15, 0.2) is 42.5 Å². The number of carbonyl (C=O) groups is 1. The lowest BCUT2D eigenvalue weighted by atomic mass is 10.1. The Morgan fingerprint density at radius 2 is 1.67 bits per heavy atom. The zero-order valence-electron chi connectivity index (χ0n) is 10.7. The number of nitro groups is 1. The van der Waals surface area contributed by atoms with Crippen LogP contribution in [0.2, 0.25) is 0 Å². The summed E-state index contributed by atoms with van der Waals surface area (Å²) in [6, 6.07) is 8.59. The molecule has 0 saturated carbocycles. The summed E-state index contributed by atoms with van der Waals surface area (Å²) in [6.45, 7) is 0. The number of rotatable bonds is 4. The van der Waals surface area contributed by atoms with Crippen LogP contribution in [0.3, 0.4) is 0 Å². The Morgan fingerprint density at radius 1 is 1.10 bits per heavy atom. The third kappa shape index (κ3) is 3.59. The lowest BCUT2D eigenvalue weighted by Crippen LogP contribution is -2.16. The van der Waals surface area contributed by atoms with Gasteiger partial charge < -0.3 is 5.32 Å². The van der Waals surface area contributed by atoms with Crippen molar-refractivity contribution in [1.29, 1.82) is 0 Å². The van der Waals surface area contributed by atoms with Crippen molar-refractivity contribution in [1.82, 2.24) is 0 Å². The largest absolute Gasteiger partial charge is 0.321 e. The lowest BCUT2D eigenvalue weighted by molar-refractivity contribution is -0.384. The predicted molar refractivity (Wildman–Crippen MR) is 71.8 cm³/mol. The SMILES string of the molecule is O=C(Cc1ccc([N+](=O)[O-])cc1)Nc1c(F)cccc1F. The summed E-state index contributed by atoms with van der Waals surface area (Å²) in [5, 5.41) is 12.6. The first kappa shape index (κ1) is 14.6. The van der Waals surface area contributed by atoms with E-state index in [0.29, 0.717) is 5.56 Å². The van der Waals surface area contributed by atoms with E-state index in [1.54, 1.807) is 0 Å². The number of nitrogens with one attached hydrogen (secondary N) is 1. The topological polar surface area (TPSA) is 72.2 Å². The van der Waals surface area contributed by atoms with Crippen molar-refractivity contribution in [3.05, 3.63) is 69.8 Å². The molecule has 0 saturated heterocycles. The highest BCUT2D eigenvalue weighted by Crippen LogP contribution is 2.18. The second-order valence-electron chi connectivity index (χ2n) is 4.25. The minimum absolute atomic E-state index is 0.0979. The summed E-state index contributed by atoms with van der Waals surface area (Å²) in [6.07, 6.45) is -0.147. The van der Waals surface area contributed by atoms with Gasteiger partial charge in [-0.25, -0.2) is 8.78 Å². The van der Waals surface area contributed by atoms with Crippen molar-refractivity contribution in [2.24, 2.45) is 0 Å². The van der Waals surface area contributed by atoms with Crippen molar-refractivity contribution in [2.75, 3.05) is 5.32 Å². The third-order valence-corrected chi connectivity index (χ3v) is 2.74. The smallest absolute Gasteiger partial charge is 0.269 e. The van der Waals surface area contributed by atoms with E-state index in [0.717, 1.165) is 12.1 Å². The molecule has 0 bridgehead atoms. The van der Waals surface area contributed by atoms with Crippen LogP contribution < -0.4 is 5.32 Å². The zero-order chi connectivity index (χ0) is 15.4. The van der Waals surface area contributed by atoms with Gasteiger partial charge in [-0.1, -0.05) is 18.2 Å². The van der Waals surface area contributed by atoms with E-state index in [-0.39, 0.29) is 12.1 Å². The molecular formula is C14H10F2N2O3. The number of nitrogens with zero attached hydrogens (tertiary/aromatic N) is 1. The third-order valence-electron chi connectivity index (χ3n) is 2.74. The molecule has 0 unspecified atom stereocenters. The Balaban J connectivity index is 2.06. The molecule has 1 N–H and O–H groups in total. The summed E-state index contributed by atoms with van der Waals surface area (Å²) in [4.78, 5) is 21.7. The number of hydrogen-bond donors (Lipinski definition) is 1. The van der Waals surface area contributed by atoms with Crippen LogP contribution in [0.25, 0.3) is 0 Å². The molecule has 1 amide bonds. The fourth-order valence-corrected chi connectivity index (χ4v) is 1.72. The van der Waals surface area contributed by atoms with Crippen LogP contribution >= 0.6 is 0 Å². The van der Waals surface area contributed by atoms with E-state index in [1.165, 1.54) is 30.3 Å². The molecule has 0 aliphatic carbocycles. The zero-order valence-corrected chi connectivity index (χ0v) is 10.7. The number of benzene rings is 2. The maximum atomic E-state index is 13.4. The normalized spacial score (nSPS) is 10.2. The molecule has 0 spiro atoms. The monoisotopic (exact) mass is 292 g/mol. The first-order valence-corrected chi connectivity index (χ1v) is 5.94. The van der Waals surface area contributed by atoms with Gasteiger partial charge in [0.1, 0.15) is 17.3 Å². The molecule has 2 aromatic rings. The Morgan fingerprint density at radius 3 is 2.19 bits per heavy atom. The summed E-state index contributed by atoms with van der Waals surface area (Å²) in [7, 11) is 0. The standard InChI is InChI=1S/C14H10F2N2O3/c15-11-2-1-3-12(16)14(11)17-13(19)8-9-4-6-10(7-5-9)18(20)21/h1-7H,8H2,(H,17,19). The molecule has 0 aromatic heterocycles. The second kappa shape index (κ2) is 6.08. The van der Waals surface area contributed by atoms with Crippen molar-refractivity contribution in [3.63, 3.8) is 0 Å². The molecule has 0 fully saturated rings. The fraction of sp³-hybridized carbons (Fsp3) is 0.0714. The Hall–Kier alpha value is -2.83. The number of carbonyl (C=O) groups excluding carboxylic acids is 1. The summed E-state index contributed by atoms with van der Waals surface area (Å²) >= 11 is 0. The van der Waals surface area contributed by atoms with E-state index in [1.807, 2.05) is 0 Å². The molecular weight excluding hydrogens is 282 g/mol. The van der Waals surface area contributed by atoms with Crippen LogP contribution in [0.5, 0.6) is 0 Å². The maximum absolute atomic E-state index is 13.4. The van der Waals surface area contributed by atoms with E-state index >= 15 is 0 Å². The average Bonchev–Trinajstić information content (AvgIpc) is 2.43. The van der Waals surface area contributed by atoms with Crippen molar-refractivity contribution >= 4 is 17.3 Å². The highest BCUT2D eigenvalue weighted by molar-refractivity contribution is 5.92. The van der Waals surface area contributed by atoms with Gasteiger partial charge in [-0.3, -0.25) is 14.9 Å². The minimum atomic E-state index is -0.868. The number of halogens is 2. The molecule has 0 aliphatic heterocycles. The van der Waals surface area contributed by atoms with Crippen molar-refractivity contribution in [2.45, 2.75) is 6.42 Å². The summed E-state index contributed by atoms with van der Waals surface area (Å²) < 4.78 is 26.7. The molecule has 5 nitrogen and oxygen atoms in total.